The van der Waals surface area contributed by atoms with Crippen LogP contribution >= 0.6 is 12.2 Å². The number of rotatable bonds is 3. The van der Waals surface area contributed by atoms with E-state index in [4.69, 9.17) is 27.4 Å². The molecule has 0 bridgehead atoms. The number of hydrogen-bond acceptors (Lipinski definition) is 4. The number of nitrogens with zero attached hydrogens (tertiary/aromatic N) is 1. The number of anilines is 1. The van der Waals surface area contributed by atoms with Crippen molar-refractivity contribution >= 4 is 22.9 Å². The average Bonchev–Trinajstić information content (AvgIpc) is 2.62. The molecule has 2 rings (SSSR count). The molecule has 5 heteroatoms. The zero-order valence-electron chi connectivity index (χ0n) is 11.4. The standard InChI is InChI=1S/C14H20N2O2S/c1-10-9-16(6-3-7-18-10)13-8-11(17-2)4-5-12(13)14(15)19/h4-5,8,10H,3,6-7,9H2,1-2H3,(H2,15,19). The Balaban J connectivity index is 2.36. The van der Waals surface area contributed by atoms with E-state index in [2.05, 4.69) is 11.8 Å². The van der Waals surface area contributed by atoms with E-state index < -0.39 is 0 Å². The van der Waals surface area contributed by atoms with Gasteiger partial charge in [0.1, 0.15) is 10.7 Å². The largest absolute Gasteiger partial charge is 0.497 e. The third kappa shape index (κ3) is 3.36. The SMILES string of the molecule is COc1ccc(C(N)=S)c(N2CCCOC(C)C2)c1. The smallest absolute Gasteiger partial charge is 0.120 e. The van der Waals surface area contributed by atoms with E-state index in [1.165, 1.54) is 0 Å². The molecule has 1 heterocycles. The van der Waals surface area contributed by atoms with Gasteiger partial charge in [0, 0.05) is 31.3 Å². The van der Waals surface area contributed by atoms with Crippen LogP contribution < -0.4 is 15.4 Å². The summed E-state index contributed by atoms with van der Waals surface area (Å²) in [5, 5.41) is 0. The Hall–Kier alpha value is -1.33. The molecule has 0 amide bonds. The maximum absolute atomic E-state index is 5.82. The van der Waals surface area contributed by atoms with E-state index in [0.717, 1.165) is 43.1 Å². The van der Waals surface area contributed by atoms with Crippen molar-refractivity contribution in [1.82, 2.24) is 0 Å². The summed E-state index contributed by atoms with van der Waals surface area (Å²) in [7, 11) is 1.66. The van der Waals surface area contributed by atoms with Gasteiger partial charge >= 0.3 is 0 Å². The number of thiocarbonyl (C=S) groups is 1. The number of methoxy groups -OCH3 is 1. The Morgan fingerprint density at radius 1 is 1.53 bits per heavy atom. The fraction of sp³-hybridized carbons (Fsp3) is 0.500. The second kappa shape index (κ2) is 6.21. The van der Waals surface area contributed by atoms with Crippen molar-refractivity contribution in [3.8, 4) is 5.75 Å². The van der Waals surface area contributed by atoms with E-state index in [-0.39, 0.29) is 6.10 Å². The van der Waals surface area contributed by atoms with Crippen molar-refractivity contribution in [2.24, 2.45) is 5.73 Å². The van der Waals surface area contributed by atoms with Gasteiger partial charge in [0.25, 0.3) is 0 Å². The molecule has 1 aromatic carbocycles. The van der Waals surface area contributed by atoms with E-state index >= 15 is 0 Å². The summed E-state index contributed by atoms with van der Waals surface area (Å²) in [4.78, 5) is 2.68. The van der Waals surface area contributed by atoms with Gasteiger partial charge in [-0.1, -0.05) is 12.2 Å². The third-order valence-electron chi connectivity index (χ3n) is 3.26. The fourth-order valence-electron chi connectivity index (χ4n) is 2.32. The Morgan fingerprint density at radius 2 is 2.32 bits per heavy atom. The third-order valence-corrected chi connectivity index (χ3v) is 3.48. The minimum absolute atomic E-state index is 0.202. The van der Waals surface area contributed by atoms with Gasteiger partial charge in [0.05, 0.1) is 18.9 Å². The maximum atomic E-state index is 5.82. The first-order chi connectivity index (χ1) is 9.11. The summed E-state index contributed by atoms with van der Waals surface area (Å²) in [5.74, 6) is 0.813. The molecule has 19 heavy (non-hydrogen) atoms. The highest BCUT2D eigenvalue weighted by Gasteiger charge is 2.19. The second-order valence-corrected chi connectivity index (χ2v) is 5.17. The highest BCUT2D eigenvalue weighted by Crippen LogP contribution is 2.27. The van der Waals surface area contributed by atoms with Crippen LogP contribution in [0.3, 0.4) is 0 Å². The van der Waals surface area contributed by atoms with Crippen LogP contribution in [-0.4, -0.2) is 37.9 Å². The van der Waals surface area contributed by atoms with E-state index in [9.17, 15) is 0 Å². The van der Waals surface area contributed by atoms with Crippen LogP contribution in [0.25, 0.3) is 0 Å². The Bertz CT molecular complexity index is 465. The number of nitrogens with two attached hydrogens (primary N) is 1. The highest BCUT2D eigenvalue weighted by atomic mass is 32.1. The molecule has 0 spiro atoms. The first-order valence-electron chi connectivity index (χ1n) is 6.46. The summed E-state index contributed by atoms with van der Waals surface area (Å²) in [5.41, 5.74) is 7.74. The van der Waals surface area contributed by atoms with Crippen molar-refractivity contribution in [2.45, 2.75) is 19.4 Å². The normalized spacial score (nSPS) is 19.9. The van der Waals surface area contributed by atoms with Crippen LogP contribution in [0.15, 0.2) is 18.2 Å². The van der Waals surface area contributed by atoms with Gasteiger partial charge in [-0.15, -0.1) is 0 Å². The summed E-state index contributed by atoms with van der Waals surface area (Å²) in [6.07, 6.45) is 1.20. The summed E-state index contributed by atoms with van der Waals surface area (Å²) in [6.45, 7) is 4.65. The molecule has 0 aromatic heterocycles. The van der Waals surface area contributed by atoms with Gasteiger partial charge in [0.2, 0.25) is 0 Å². The van der Waals surface area contributed by atoms with Gasteiger partial charge < -0.3 is 20.1 Å². The van der Waals surface area contributed by atoms with Gasteiger partial charge in [-0.3, -0.25) is 0 Å². The fourth-order valence-corrected chi connectivity index (χ4v) is 2.49. The maximum Gasteiger partial charge on any atom is 0.120 e. The lowest BCUT2D eigenvalue weighted by Gasteiger charge is -2.27. The van der Waals surface area contributed by atoms with E-state index in [1.807, 2.05) is 18.2 Å². The zero-order valence-corrected chi connectivity index (χ0v) is 12.2. The quantitative estimate of drug-likeness (QED) is 0.858. The number of benzene rings is 1. The summed E-state index contributed by atoms with van der Waals surface area (Å²) >= 11 is 5.14. The van der Waals surface area contributed by atoms with Crippen LogP contribution in [0.1, 0.15) is 18.9 Å². The van der Waals surface area contributed by atoms with Gasteiger partial charge in [0.15, 0.2) is 0 Å². The molecule has 1 fully saturated rings. The minimum Gasteiger partial charge on any atom is -0.497 e. The molecule has 4 nitrogen and oxygen atoms in total. The molecule has 1 saturated heterocycles. The lowest BCUT2D eigenvalue weighted by atomic mass is 10.1. The highest BCUT2D eigenvalue weighted by molar-refractivity contribution is 7.80. The van der Waals surface area contributed by atoms with Crippen molar-refractivity contribution in [2.75, 3.05) is 31.7 Å². The molecule has 0 aliphatic carbocycles. The lowest BCUT2D eigenvalue weighted by molar-refractivity contribution is 0.0821. The van der Waals surface area contributed by atoms with Crippen LogP contribution in [0.4, 0.5) is 5.69 Å². The van der Waals surface area contributed by atoms with Crippen LogP contribution in [0, 0.1) is 0 Å². The van der Waals surface area contributed by atoms with E-state index in [1.54, 1.807) is 7.11 Å². The molecule has 0 radical (unpaired) electrons. The molecular weight excluding hydrogens is 260 g/mol. The molecule has 2 N–H and O–H groups in total. The van der Waals surface area contributed by atoms with Crippen molar-refractivity contribution in [3.05, 3.63) is 23.8 Å². The Labute approximate surface area is 119 Å². The number of hydrogen-bond donors (Lipinski definition) is 1. The predicted molar refractivity (Wildman–Crippen MR) is 81.1 cm³/mol. The molecule has 1 aromatic rings. The zero-order chi connectivity index (χ0) is 13.8. The molecule has 1 atom stereocenters. The van der Waals surface area contributed by atoms with Crippen LogP contribution in [0.5, 0.6) is 5.75 Å². The number of ether oxygens (including phenoxy) is 2. The lowest BCUT2D eigenvalue weighted by Crippen LogP contribution is -2.32. The molecule has 1 aliphatic rings. The predicted octanol–water partition coefficient (Wildman–Crippen LogP) is 1.94. The van der Waals surface area contributed by atoms with Gasteiger partial charge in [-0.25, -0.2) is 0 Å². The molecule has 0 saturated carbocycles. The second-order valence-electron chi connectivity index (χ2n) is 4.73. The molecule has 104 valence electrons. The van der Waals surface area contributed by atoms with Gasteiger partial charge in [-0.2, -0.15) is 0 Å². The topological polar surface area (TPSA) is 47.7 Å². The average molecular weight is 280 g/mol. The van der Waals surface area contributed by atoms with E-state index in [0.29, 0.717) is 4.99 Å². The molecule has 1 unspecified atom stereocenters. The van der Waals surface area contributed by atoms with Crippen LogP contribution in [0.2, 0.25) is 0 Å². The summed E-state index contributed by atoms with van der Waals surface area (Å²) in [6, 6.07) is 5.80. The monoisotopic (exact) mass is 280 g/mol. The molecule has 1 aliphatic heterocycles. The molecular formula is C14H20N2O2S. The Kier molecular flexibility index (Phi) is 4.61. The minimum atomic E-state index is 0.202. The van der Waals surface area contributed by atoms with Crippen LogP contribution in [-0.2, 0) is 4.74 Å². The first kappa shape index (κ1) is 14.1. The van der Waals surface area contributed by atoms with Crippen molar-refractivity contribution in [3.63, 3.8) is 0 Å². The van der Waals surface area contributed by atoms with Crippen molar-refractivity contribution in [1.29, 1.82) is 0 Å². The Morgan fingerprint density at radius 3 is 3.00 bits per heavy atom. The summed E-state index contributed by atoms with van der Waals surface area (Å²) < 4.78 is 11.0. The van der Waals surface area contributed by atoms with Gasteiger partial charge in [-0.05, 0) is 25.5 Å². The van der Waals surface area contributed by atoms with Crippen molar-refractivity contribution < 1.29 is 9.47 Å². The first-order valence-corrected chi connectivity index (χ1v) is 6.87.